The SMILES string of the molecule is Cc1cc(C)c(C)c(N2C(C)C3(C)CCC2(C)C3(C)C)c1. The molecular weight excluding hydrogens is 254 g/mol. The first kappa shape index (κ1) is 14.9. The highest BCUT2D eigenvalue weighted by atomic mass is 15.3. The van der Waals surface area contributed by atoms with Crippen molar-refractivity contribution in [3.63, 3.8) is 0 Å². The average Bonchev–Trinajstić information content (AvgIpc) is 2.62. The number of rotatable bonds is 1. The minimum Gasteiger partial charge on any atom is -0.362 e. The van der Waals surface area contributed by atoms with Crippen LogP contribution in [0.25, 0.3) is 0 Å². The quantitative estimate of drug-likeness (QED) is 0.667. The van der Waals surface area contributed by atoms with Crippen molar-refractivity contribution in [2.24, 2.45) is 10.8 Å². The van der Waals surface area contributed by atoms with Gasteiger partial charge < -0.3 is 4.90 Å². The lowest BCUT2D eigenvalue weighted by atomic mass is 9.65. The van der Waals surface area contributed by atoms with Crippen molar-refractivity contribution in [3.05, 3.63) is 28.8 Å². The number of anilines is 1. The molecule has 2 aliphatic rings. The molecule has 3 rings (SSSR count). The molecule has 21 heavy (non-hydrogen) atoms. The monoisotopic (exact) mass is 285 g/mol. The molecule has 116 valence electrons. The van der Waals surface area contributed by atoms with Gasteiger partial charge in [0, 0.05) is 17.3 Å². The summed E-state index contributed by atoms with van der Waals surface area (Å²) in [4.78, 5) is 2.77. The first-order chi connectivity index (χ1) is 9.56. The van der Waals surface area contributed by atoms with E-state index in [0.29, 0.717) is 16.9 Å². The molecule has 1 aromatic rings. The molecular formula is C20H31N. The van der Waals surface area contributed by atoms with Crippen molar-refractivity contribution in [2.75, 3.05) is 4.90 Å². The lowest BCUT2D eigenvalue weighted by molar-refractivity contribution is 0.132. The fourth-order valence-corrected chi connectivity index (χ4v) is 5.35. The lowest BCUT2D eigenvalue weighted by Gasteiger charge is -2.46. The first-order valence-corrected chi connectivity index (χ1v) is 8.43. The van der Waals surface area contributed by atoms with E-state index in [-0.39, 0.29) is 5.54 Å². The summed E-state index contributed by atoms with van der Waals surface area (Å²) in [5.41, 5.74) is 6.77. The molecule has 1 aliphatic carbocycles. The maximum atomic E-state index is 2.77. The molecule has 3 unspecified atom stereocenters. The number of hydrogen-bond acceptors (Lipinski definition) is 1. The van der Waals surface area contributed by atoms with Crippen molar-refractivity contribution in [3.8, 4) is 0 Å². The Morgan fingerprint density at radius 3 is 2.14 bits per heavy atom. The summed E-state index contributed by atoms with van der Waals surface area (Å²) in [6, 6.07) is 5.32. The fraction of sp³-hybridized carbons (Fsp3) is 0.700. The molecule has 1 heteroatoms. The van der Waals surface area contributed by atoms with Crippen LogP contribution in [0.2, 0.25) is 0 Å². The van der Waals surface area contributed by atoms with Gasteiger partial charge in [-0.3, -0.25) is 0 Å². The van der Waals surface area contributed by atoms with Crippen molar-refractivity contribution < 1.29 is 0 Å². The number of fused-ring (bicyclic) bond motifs is 2. The third-order valence-corrected chi connectivity index (χ3v) is 7.79. The van der Waals surface area contributed by atoms with Crippen LogP contribution in [-0.2, 0) is 0 Å². The Labute approximate surface area is 130 Å². The maximum Gasteiger partial charge on any atom is 0.0434 e. The van der Waals surface area contributed by atoms with Gasteiger partial charge in [-0.05, 0) is 81.0 Å². The summed E-state index contributed by atoms with van der Waals surface area (Å²) in [5, 5.41) is 0. The standard InChI is InChI=1S/C20H31N/c1-13-11-14(2)15(3)17(12-13)21-16(4)19(7)9-10-20(21,8)18(19,5)6/h11-12,16H,9-10H2,1-8H3. The second kappa shape index (κ2) is 4.06. The highest BCUT2D eigenvalue weighted by molar-refractivity contribution is 5.63. The van der Waals surface area contributed by atoms with E-state index in [9.17, 15) is 0 Å². The molecule has 0 N–H and O–H groups in total. The summed E-state index contributed by atoms with van der Waals surface area (Å²) < 4.78 is 0. The van der Waals surface area contributed by atoms with E-state index in [2.05, 4.69) is 72.4 Å². The van der Waals surface area contributed by atoms with Crippen molar-refractivity contribution in [2.45, 2.75) is 79.8 Å². The highest BCUT2D eigenvalue weighted by Crippen LogP contribution is 2.69. The zero-order chi connectivity index (χ0) is 15.8. The molecule has 1 saturated heterocycles. The molecule has 1 saturated carbocycles. The summed E-state index contributed by atoms with van der Waals surface area (Å²) in [7, 11) is 0. The number of benzene rings is 1. The second-order valence-corrected chi connectivity index (χ2v) is 8.59. The molecule has 2 fully saturated rings. The first-order valence-electron chi connectivity index (χ1n) is 8.43. The summed E-state index contributed by atoms with van der Waals surface area (Å²) in [6.07, 6.45) is 2.67. The van der Waals surface area contributed by atoms with Gasteiger partial charge in [-0.2, -0.15) is 0 Å². The fourth-order valence-electron chi connectivity index (χ4n) is 5.35. The Kier molecular flexibility index (Phi) is 2.89. The van der Waals surface area contributed by atoms with Crippen molar-refractivity contribution >= 4 is 5.69 Å². The van der Waals surface area contributed by atoms with Gasteiger partial charge in [-0.1, -0.05) is 26.8 Å². The molecule has 1 nitrogen and oxygen atoms in total. The third-order valence-electron chi connectivity index (χ3n) is 7.79. The molecule has 0 amide bonds. The molecule has 2 bridgehead atoms. The largest absolute Gasteiger partial charge is 0.362 e. The molecule has 1 aromatic carbocycles. The Morgan fingerprint density at radius 2 is 1.62 bits per heavy atom. The molecule has 0 spiro atoms. The second-order valence-electron chi connectivity index (χ2n) is 8.59. The molecule has 0 radical (unpaired) electrons. The van der Waals surface area contributed by atoms with Crippen LogP contribution in [0.5, 0.6) is 0 Å². The van der Waals surface area contributed by atoms with Crippen LogP contribution >= 0.6 is 0 Å². The van der Waals surface area contributed by atoms with E-state index >= 15 is 0 Å². The summed E-state index contributed by atoms with van der Waals surface area (Å²) in [6.45, 7) is 19.2. The average molecular weight is 285 g/mol. The molecule has 1 heterocycles. The Morgan fingerprint density at radius 1 is 1.00 bits per heavy atom. The lowest BCUT2D eigenvalue weighted by Crippen LogP contribution is -2.50. The van der Waals surface area contributed by atoms with Crippen LogP contribution in [0.15, 0.2) is 12.1 Å². The van der Waals surface area contributed by atoms with E-state index < -0.39 is 0 Å². The normalized spacial score (nSPS) is 37.3. The number of nitrogens with zero attached hydrogens (tertiary/aromatic N) is 1. The van der Waals surface area contributed by atoms with Crippen LogP contribution in [0.1, 0.15) is 64.2 Å². The Hall–Kier alpha value is -0.980. The van der Waals surface area contributed by atoms with Gasteiger partial charge in [0.1, 0.15) is 0 Å². The zero-order valence-corrected chi connectivity index (χ0v) is 15.1. The molecule has 3 atom stereocenters. The van der Waals surface area contributed by atoms with Gasteiger partial charge in [-0.15, -0.1) is 0 Å². The smallest absolute Gasteiger partial charge is 0.0434 e. The number of hydrogen-bond donors (Lipinski definition) is 0. The minimum absolute atomic E-state index is 0.270. The Bertz CT molecular complexity index is 597. The van der Waals surface area contributed by atoms with Gasteiger partial charge in [0.15, 0.2) is 0 Å². The summed E-state index contributed by atoms with van der Waals surface area (Å²) in [5.74, 6) is 0. The van der Waals surface area contributed by atoms with E-state index in [1.807, 2.05) is 0 Å². The molecule has 0 aromatic heterocycles. The van der Waals surface area contributed by atoms with Crippen molar-refractivity contribution in [1.29, 1.82) is 0 Å². The van der Waals surface area contributed by atoms with Gasteiger partial charge in [0.05, 0.1) is 0 Å². The van der Waals surface area contributed by atoms with Gasteiger partial charge in [-0.25, -0.2) is 0 Å². The maximum absolute atomic E-state index is 2.77. The van der Waals surface area contributed by atoms with Crippen molar-refractivity contribution in [1.82, 2.24) is 0 Å². The number of piperidine rings is 1. The van der Waals surface area contributed by atoms with E-state index in [1.165, 1.54) is 35.2 Å². The predicted octanol–water partition coefficient (Wildman–Crippen LogP) is 5.41. The van der Waals surface area contributed by atoms with Crippen LogP contribution in [0.4, 0.5) is 5.69 Å². The van der Waals surface area contributed by atoms with Gasteiger partial charge >= 0.3 is 0 Å². The minimum atomic E-state index is 0.270. The van der Waals surface area contributed by atoms with E-state index in [0.717, 1.165) is 0 Å². The van der Waals surface area contributed by atoms with E-state index in [4.69, 9.17) is 0 Å². The highest BCUT2D eigenvalue weighted by Gasteiger charge is 2.70. The molecule has 1 aliphatic heterocycles. The van der Waals surface area contributed by atoms with E-state index in [1.54, 1.807) is 0 Å². The topological polar surface area (TPSA) is 3.24 Å². The predicted molar refractivity (Wildman–Crippen MR) is 92.1 cm³/mol. The Balaban J connectivity index is 2.22. The van der Waals surface area contributed by atoms with Gasteiger partial charge in [0.2, 0.25) is 0 Å². The van der Waals surface area contributed by atoms with Gasteiger partial charge in [0.25, 0.3) is 0 Å². The van der Waals surface area contributed by atoms with Crippen LogP contribution in [0, 0.1) is 31.6 Å². The zero-order valence-electron chi connectivity index (χ0n) is 15.1. The number of aryl methyl sites for hydroxylation is 2. The van der Waals surface area contributed by atoms with Crippen LogP contribution in [0.3, 0.4) is 0 Å². The summed E-state index contributed by atoms with van der Waals surface area (Å²) >= 11 is 0. The third kappa shape index (κ3) is 1.53. The van der Waals surface area contributed by atoms with Crippen LogP contribution in [-0.4, -0.2) is 11.6 Å². The van der Waals surface area contributed by atoms with Crippen LogP contribution < -0.4 is 4.90 Å².